The van der Waals surface area contributed by atoms with Crippen LogP contribution in [0.5, 0.6) is 0 Å². The van der Waals surface area contributed by atoms with Gasteiger partial charge in [-0.05, 0) is 87.6 Å². The Morgan fingerprint density at radius 1 is 1.06 bits per heavy atom. The summed E-state index contributed by atoms with van der Waals surface area (Å²) in [6.45, 7) is 2.07. The molecule has 180 valence electrons. The second-order valence-corrected chi connectivity index (χ2v) is 10.6. The Kier molecular flexibility index (Phi) is 9.94. The highest BCUT2D eigenvalue weighted by molar-refractivity contribution is 7.88. The van der Waals surface area contributed by atoms with E-state index in [-0.39, 0.29) is 36.7 Å². The average Bonchev–Trinajstić information content (AvgIpc) is 2.74. The molecule has 0 radical (unpaired) electrons. The van der Waals surface area contributed by atoms with E-state index in [9.17, 15) is 23.1 Å². The summed E-state index contributed by atoms with van der Waals surface area (Å²) in [5, 5.41) is 15.7. The average molecular weight is 488 g/mol. The molecule has 0 bridgehead atoms. The van der Waals surface area contributed by atoms with Gasteiger partial charge in [-0.1, -0.05) is 12.1 Å². The van der Waals surface area contributed by atoms with Gasteiger partial charge in [0.2, 0.25) is 10.0 Å². The third kappa shape index (κ3) is 8.03. The van der Waals surface area contributed by atoms with Gasteiger partial charge in [0, 0.05) is 11.6 Å². The molecule has 1 aliphatic heterocycles. The zero-order valence-corrected chi connectivity index (χ0v) is 20.0. The van der Waals surface area contributed by atoms with Crippen molar-refractivity contribution in [2.45, 2.75) is 62.9 Å². The standard InChI is InChI=1S/C22H33N3O5S.ClH/c1-31(29,30)25-20(22(27)28)14-15-2-8-19(9-3-15)24-21(26)18-6-4-16(5-7-18)17-10-12-23-13-11-17;/h4-7,15,17,19-20,23,25H,2-3,8-14H2,1H3,(H,24,26)(H,27,28);1H. The van der Waals surface area contributed by atoms with Crippen molar-refractivity contribution in [3.63, 3.8) is 0 Å². The molecule has 3 rings (SSSR count). The SMILES string of the molecule is CS(=O)(=O)NC(CC1CCC(NC(=O)c2ccc(C3CCNCC3)cc2)CC1)C(=O)O.Cl. The summed E-state index contributed by atoms with van der Waals surface area (Å²) in [6, 6.07) is 6.86. The lowest BCUT2D eigenvalue weighted by Crippen LogP contribution is -2.43. The first-order valence-corrected chi connectivity index (χ1v) is 12.9. The lowest BCUT2D eigenvalue weighted by atomic mass is 9.82. The molecule has 8 nitrogen and oxygen atoms in total. The molecule has 2 fully saturated rings. The molecule has 32 heavy (non-hydrogen) atoms. The van der Waals surface area contributed by atoms with Crippen LogP contribution in [0.25, 0.3) is 0 Å². The number of carboxylic acids is 1. The maximum absolute atomic E-state index is 12.6. The van der Waals surface area contributed by atoms with E-state index in [4.69, 9.17) is 0 Å². The van der Waals surface area contributed by atoms with Crippen molar-refractivity contribution in [1.29, 1.82) is 0 Å². The molecule has 1 unspecified atom stereocenters. The summed E-state index contributed by atoms with van der Waals surface area (Å²) in [5.74, 6) is -0.565. The summed E-state index contributed by atoms with van der Waals surface area (Å²) >= 11 is 0. The van der Waals surface area contributed by atoms with Crippen molar-refractivity contribution in [2.75, 3.05) is 19.3 Å². The molecule has 0 aromatic heterocycles. The van der Waals surface area contributed by atoms with Gasteiger partial charge in [-0.3, -0.25) is 9.59 Å². The fourth-order valence-electron chi connectivity index (χ4n) is 4.66. The topological polar surface area (TPSA) is 125 Å². The zero-order valence-electron chi connectivity index (χ0n) is 18.4. The lowest BCUT2D eigenvalue weighted by molar-refractivity contribution is -0.139. The van der Waals surface area contributed by atoms with Gasteiger partial charge in [0.15, 0.2) is 0 Å². The van der Waals surface area contributed by atoms with Gasteiger partial charge in [0.1, 0.15) is 6.04 Å². The number of aliphatic carboxylic acids is 1. The molecular formula is C22H34ClN3O5S. The van der Waals surface area contributed by atoms with Gasteiger partial charge in [-0.15, -0.1) is 12.4 Å². The van der Waals surface area contributed by atoms with Crippen LogP contribution in [0.2, 0.25) is 0 Å². The Morgan fingerprint density at radius 3 is 2.19 bits per heavy atom. The minimum Gasteiger partial charge on any atom is -0.480 e. The van der Waals surface area contributed by atoms with Crippen molar-refractivity contribution >= 4 is 34.3 Å². The van der Waals surface area contributed by atoms with Crippen LogP contribution in [-0.2, 0) is 14.8 Å². The molecule has 1 atom stereocenters. The Balaban J connectivity index is 0.00000363. The van der Waals surface area contributed by atoms with Crippen molar-refractivity contribution in [2.24, 2.45) is 5.92 Å². The molecule has 1 amide bonds. The number of hydrogen-bond donors (Lipinski definition) is 4. The number of carbonyl (C=O) groups excluding carboxylic acids is 1. The zero-order chi connectivity index (χ0) is 22.4. The lowest BCUT2D eigenvalue weighted by Gasteiger charge is -2.30. The summed E-state index contributed by atoms with van der Waals surface area (Å²) in [4.78, 5) is 24.0. The molecule has 1 aromatic rings. The Bertz CT molecular complexity index is 864. The van der Waals surface area contributed by atoms with Crippen molar-refractivity contribution in [1.82, 2.24) is 15.4 Å². The normalized spacial score (nSPS) is 23.0. The highest BCUT2D eigenvalue weighted by Gasteiger charge is 2.29. The second-order valence-electron chi connectivity index (χ2n) is 8.85. The summed E-state index contributed by atoms with van der Waals surface area (Å²) in [7, 11) is -3.58. The fourth-order valence-corrected chi connectivity index (χ4v) is 5.38. The van der Waals surface area contributed by atoms with E-state index in [1.807, 2.05) is 12.1 Å². The van der Waals surface area contributed by atoms with Crippen molar-refractivity contribution in [3.8, 4) is 0 Å². The van der Waals surface area contributed by atoms with E-state index in [1.165, 1.54) is 5.56 Å². The summed E-state index contributed by atoms with van der Waals surface area (Å²) in [5.41, 5.74) is 1.94. The van der Waals surface area contributed by atoms with Crippen LogP contribution in [0.1, 0.15) is 66.8 Å². The first-order valence-electron chi connectivity index (χ1n) is 11.0. The third-order valence-electron chi connectivity index (χ3n) is 6.39. The molecule has 1 saturated carbocycles. The predicted molar refractivity (Wildman–Crippen MR) is 126 cm³/mol. The second kappa shape index (κ2) is 12.0. The largest absolute Gasteiger partial charge is 0.480 e. The highest BCUT2D eigenvalue weighted by atomic mass is 35.5. The minimum absolute atomic E-state index is 0. The number of amides is 1. The van der Waals surface area contributed by atoms with Crippen LogP contribution in [0.3, 0.4) is 0 Å². The quantitative estimate of drug-likeness (QED) is 0.445. The van der Waals surface area contributed by atoms with Crippen LogP contribution in [0.4, 0.5) is 0 Å². The number of hydrogen-bond acceptors (Lipinski definition) is 5. The first kappa shape index (κ1) is 26.6. The van der Waals surface area contributed by atoms with Gasteiger partial charge in [0.05, 0.1) is 6.26 Å². The van der Waals surface area contributed by atoms with E-state index in [2.05, 4.69) is 27.5 Å². The van der Waals surface area contributed by atoms with Crippen LogP contribution in [0, 0.1) is 5.92 Å². The number of sulfonamides is 1. The number of piperidine rings is 1. The Morgan fingerprint density at radius 2 is 1.66 bits per heavy atom. The number of rotatable bonds is 8. The molecule has 0 spiro atoms. The van der Waals surface area contributed by atoms with Gasteiger partial charge in [-0.2, -0.15) is 0 Å². The van der Waals surface area contributed by atoms with Crippen LogP contribution in [0.15, 0.2) is 24.3 Å². The van der Waals surface area contributed by atoms with E-state index in [1.54, 1.807) is 0 Å². The molecule has 10 heteroatoms. The maximum atomic E-state index is 12.6. The number of carboxylic acid groups (broad SMARTS) is 1. The van der Waals surface area contributed by atoms with Crippen LogP contribution < -0.4 is 15.4 Å². The van der Waals surface area contributed by atoms with Crippen LogP contribution >= 0.6 is 12.4 Å². The van der Waals surface area contributed by atoms with Crippen molar-refractivity contribution in [3.05, 3.63) is 35.4 Å². The Hall–Kier alpha value is -1.68. The minimum atomic E-state index is -3.58. The van der Waals surface area contributed by atoms with Gasteiger partial charge >= 0.3 is 5.97 Å². The molecule has 1 heterocycles. The maximum Gasteiger partial charge on any atom is 0.321 e. The number of nitrogens with one attached hydrogen (secondary N) is 3. The summed E-state index contributed by atoms with van der Waals surface area (Å²) in [6.07, 6.45) is 6.51. The molecule has 1 aromatic carbocycles. The smallest absolute Gasteiger partial charge is 0.321 e. The van der Waals surface area contributed by atoms with E-state index in [0.717, 1.165) is 57.9 Å². The fraction of sp³-hybridized carbons (Fsp3) is 0.636. The molecule has 4 N–H and O–H groups in total. The Labute approximate surface area is 196 Å². The first-order chi connectivity index (χ1) is 14.7. The van der Waals surface area contributed by atoms with E-state index >= 15 is 0 Å². The molecule has 2 aliphatic rings. The van der Waals surface area contributed by atoms with Gasteiger partial charge in [-0.25, -0.2) is 13.1 Å². The van der Waals surface area contributed by atoms with Crippen molar-refractivity contribution < 1.29 is 23.1 Å². The van der Waals surface area contributed by atoms with E-state index < -0.39 is 22.0 Å². The highest BCUT2D eigenvalue weighted by Crippen LogP contribution is 2.29. The van der Waals surface area contributed by atoms with Crippen LogP contribution in [-0.4, -0.2) is 56.8 Å². The summed E-state index contributed by atoms with van der Waals surface area (Å²) < 4.78 is 25.0. The van der Waals surface area contributed by atoms with Gasteiger partial charge < -0.3 is 15.7 Å². The molecule has 1 aliphatic carbocycles. The molecule has 1 saturated heterocycles. The third-order valence-corrected chi connectivity index (χ3v) is 7.10. The van der Waals surface area contributed by atoms with Gasteiger partial charge in [0.25, 0.3) is 5.91 Å². The monoisotopic (exact) mass is 487 g/mol. The number of carbonyl (C=O) groups is 2. The number of benzene rings is 1. The number of halogens is 1. The van der Waals surface area contributed by atoms with E-state index in [0.29, 0.717) is 11.5 Å². The molecular weight excluding hydrogens is 454 g/mol. The predicted octanol–water partition coefficient (Wildman–Crippen LogP) is 2.26.